The molecule has 1 aromatic carbocycles. The zero-order valence-corrected chi connectivity index (χ0v) is 15.3. The minimum Gasteiger partial charge on any atom is -0.493 e. The third kappa shape index (κ3) is 5.21. The van der Waals surface area contributed by atoms with Gasteiger partial charge in [-0.1, -0.05) is 6.07 Å². The van der Waals surface area contributed by atoms with Gasteiger partial charge in [-0.15, -0.1) is 11.3 Å². The van der Waals surface area contributed by atoms with E-state index in [0.29, 0.717) is 18.0 Å². The number of amides is 1. The van der Waals surface area contributed by atoms with Crippen LogP contribution in [0.15, 0.2) is 23.6 Å². The predicted molar refractivity (Wildman–Crippen MR) is 94.6 cm³/mol. The molecule has 2 rings (SSSR count). The van der Waals surface area contributed by atoms with Gasteiger partial charge in [-0.25, -0.2) is 4.98 Å². The first kappa shape index (κ1) is 18.2. The minimum absolute atomic E-state index is 0.0495. The number of hydrogen-bond acceptors (Lipinski definition) is 6. The van der Waals surface area contributed by atoms with Crippen LogP contribution in [0.4, 0.5) is 0 Å². The predicted octanol–water partition coefficient (Wildman–Crippen LogP) is 2.08. The van der Waals surface area contributed by atoms with E-state index >= 15 is 0 Å². The maximum Gasteiger partial charge on any atom is 0.226 e. The number of aromatic nitrogens is 1. The van der Waals surface area contributed by atoms with Crippen LogP contribution in [-0.2, 0) is 24.3 Å². The van der Waals surface area contributed by atoms with Gasteiger partial charge in [-0.2, -0.15) is 0 Å². The molecule has 1 heterocycles. The largest absolute Gasteiger partial charge is 0.493 e. The molecule has 0 aliphatic rings. The monoisotopic (exact) mass is 349 g/mol. The second-order valence-electron chi connectivity index (χ2n) is 5.61. The van der Waals surface area contributed by atoms with E-state index in [2.05, 4.69) is 15.2 Å². The molecule has 1 N–H and O–H groups in total. The topological polar surface area (TPSA) is 63.7 Å². The van der Waals surface area contributed by atoms with Crippen LogP contribution in [0.25, 0.3) is 0 Å². The number of thiazole rings is 1. The second-order valence-corrected chi connectivity index (χ2v) is 6.56. The molecule has 0 bridgehead atoms. The van der Waals surface area contributed by atoms with E-state index in [-0.39, 0.29) is 12.3 Å². The fraction of sp³-hybridized carbons (Fsp3) is 0.412. The molecule has 0 spiro atoms. The number of carbonyl (C=O) groups is 1. The van der Waals surface area contributed by atoms with E-state index < -0.39 is 0 Å². The lowest BCUT2D eigenvalue weighted by Crippen LogP contribution is -2.24. The van der Waals surface area contributed by atoms with Crippen molar-refractivity contribution in [1.29, 1.82) is 0 Å². The number of nitrogens with one attached hydrogen (secondary N) is 1. The molecule has 2 aromatic rings. The SMILES string of the molecule is COc1ccc(CNC(=O)Cc2csc(CN(C)C)n2)cc1OC. The lowest BCUT2D eigenvalue weighted by atomic mass is 10.2. The quantitative estimate of drug-likeness (QED) is 0.790. The zero-order valence-electron chi connectivity index (χ0n) is 14.5. The second kappa shape index (κ2) is 8.65. The standard InChI is InChI=1S/C17H23N3O3S/c1-20(2)10-17-19-13(11-24-17)8-16(21)18-9-12-5-6-14(22-3)15(7-12)23-4/h5-7,11H,8-10H2,1-4H3,(H,18,21). The van der Waals surface area contributed by atoms with E-state index in [9.17, 15) is 4.79 Å². The van der Waals surface area contributed by atoms with E-state index in [4.69, 9.17) is 9.47 Å². The summed E-state index contributed by atoms with van der Waals surface area (Å²) in [6.45, 7) is 1.23. The summed E-state index contributed by atoms with van der Waals surface area (Å²) in [5.74, 6) is 1.27. The van der Waals surface area contributed by atoms with Crippen molar-refractivity contribution in [3.63, 3.8) is 0 Å². The average molecular weight is 349 g/mol. The number of methoxy groups -OCH3 is 2. The first-order valence-corrected chi connectivity index (χ1v) is 8.45. The Hall–Kier alpha value is -2.12. The molecule has 0 radical (unpaired) electrons. The molecule has 7 heteroatoms. The lowest BCUT2D eigenvalue weighted by Gasteiger charge is -2.10. The summed E-state index contributed by atoms with van der Waals surface area (Å²) in [6.07, 6.45) is 0.289. The highest BCUT2D eigenvalue weighted by Gasteiger charge is 2.09. The molecular formula is C17H23N3O3S. The van der Waals surface area contributed by atoms with Gasteiger partial charge in [-0.05, 0) is 31.8 Å². The maximum absolute atomic E-state index is 12.1. The van der Waals surface area contributed by atoms with Crippen LogP contribution in [0.1, 0.15) is 16.3 Å². The fourth-order valence-electron chi connectivity index (χ4n) is 2.19. The van der Waals surface area contributed by atoms with E-state index in [1.54, 1.807) is 25.6 Å². The summed E-state index contributed by atoms with van der Waals surface area (Å²) in [5, 5.41) is 5.86. The maximum atomic E-state index is 12.1. The molecule has 0 aliphatic heterocycles. The number of hydrogen-bond donors (Lipinski definition) is 1. The highest BCUT2D eigenvalue weighted by atomic mass is 32.1. The van der Waals surface area contributed by atoms with Crippen molar-refractivity contribution in [3.8, 4) is 11.5 Å². The first-order valence-electron chi connectivity index (χ1n) is 7.57. The Labute approximate surface area is 146 Å². The third-order valence-corrected chi connectivity index (χ3v) is 4.21. The Morgan fingerprint density at radius 1 is 1.25 bits per heavy atom. The molecule has 1 aromatic heterocycles. The van der Waals surface area contributed by atoms with E-state index in [1.807, 2.05) is 37.7 Å². The highest BCUT2D eigenvalue weighted by Crippen LogP contribution is 2.27. The van der Waals surface area contributed by atoms with Gasteiger partial charge in [0.1, 0.15) is 5.01 Å². The van der Waals surface area contributed by atoms with Gasteiger partial charge < -0.3 is 19.7 Å². The summed E-state index contributed by atoms with van der Waals surface area (Å²) >= 11 is 1.58. The summed E-state index contributed by atoms with van der Waals surface area (Å²) in [6, 6.07) is 5.59. The number of nitrogens with zero attached hydrogens (tertiary/aromatic N) is 2. The van der Waals surface area contributed by atoms with Gasteiger partial charge >= 0.3 is 0 Å². The number of rotatable bonds is 8. The van der Waals surface area contributed by atoms with Crippen LogP contribution >= 0.6 is 11.3 Å². The molecule has 0 unspecified atom stereocenters. The number of benzene rings is 1. The van der Waals surface area contributed by atoms with Gasteiger partial charge in [-0.3, -0.25) is 4.79 Å². The Balaban J connectivity index is 1.88. The van der Waals surface area contributed by atoms with Crippen molar-refractivity contribution in [1.82, 2.24) is 15.2 Å². The molecule has 0 saturated carbocycles. The van der Waals surface area contributed by atoms with Crippen molar-refractivity contribution in [2.75, 3.05) is 28.3 Å². The smallest absolute Gasteiger partial charge is 0.226 e. The Kier molecular flexibility index (Phi) is 6.57. The number of carbonyl (C=O) groups excluding carboxylic acids is 1. The van der Waals surface area contributed by atoms with Crippen molar-refractivity contribution >= 4 is 17.2 Å². The Bertz CT molecular complexity index is 685. The lowest BCUT2D eigenvalue weighted by molar-refractivity contribution is -0.120. The highest BCUT2D eigenvalue weighted by molar-refractivity contribution is 7.09. The molecule has 0 aliphatic carbocycles. The van der Waals surface area contributed by atoms with Crippen molar-refractivity contribution in [2.45, 2.75) is 19.5 Å². The van der Waals surface area contributed by atoms with Gasteiger partial charge in [0.15, 0.2) is 11.5 Å². The molecule has 6 nitrogen and oxygen atoms in total. The van der Waals surface area contributed by atoms with Crippen LogP contribution < -0.4 is 14.8 Å². The molecule has 0 fully saturated rings. The van der Waals surface area contributed by atoms with Crippen LogP contribution in [0.3, 0.4) is 0 Å². The van der Waals surface area contributed by atoms with Crippen LogP contribution in [0, 0.1) is 0 Å². The van der Waals surface area contributed by atoms with Crippen molar-refractivity contribution in [3.05, 3.63) is 39.8 Å². The molecule has 0 atom stereocenters. The summed E-state index contributed by atoms with van der Waals surface area (Å²) in [4.78, 5) is 18.6. The van der Waals surface area contributed by atoms with Crippen LogP contribution in [0.2, 0.25) is 0 Å². The molecule has 24 heavy (non-hydrogen) atoms. The van der Waals surface area contributed by atoms with Crippen LogP contribution in [0.5, 0.6) is 11.5 Å². The molecule has 130 valence electrons. The molecule has 0 saturated heterocycles. The third-order valence-electron chi connectivity index (χ3n) is 3.33. The normalized spacial score (nSPS) is 10.7. The zero-order chi connectivity index (χ0) is 17.5. The molecule has 1 amide bonds. The molecular weight excluding hydrogens is 326 g/mol. The Morgan fingerprint density at radius 3 is 2.67 bits per heavy atom. The number of ether oxygens (including phenoxy) is 2. The summed E-state index contributed by atoms with van der Waals surface area (Å²) in [5.41, 5.74) is 1.76. The minimum atomic E-state index is -0.0495. The summed E-state index contributed by atoms with van der Waals surface area (Å²) in [7, 11) is 7.18. The van der Waals surface area contributed by atoms with Crippen molar-refractivity contribution in [2.24, 2.45) is 0 Å². The van der Waals surface area contributed by atoms with Gasteiger partial charge in [0.05, 0.1) is 26.3 Å². The average Bonchev–Trinajstić information content (AvgIpc) is 2.98. The first-order chi connectivity index (χ1) is 11.5. The fourth-order valence-corrected chi connectivity index (χ4v) is 3.10. The van der Waals surface area contributed by atoms with Crippen molar-refractivity contribution < 1.29 is 14.3 Å². The summed E-state index contributed by atoms with van der Waals surface area (Å²) < 4.78 is 10.5. The Morgan fingerprint density at radius 2 is 2.00 bits per heavy atom. The van der Waals surface area contributed by atoms with Crippen LogP contribution in [-0.4, -0.2) is 44.1 Å². The van der Waals surface area contributed by atoms with E-state index in [1.165, 1.54) is 0 Å². The van der Waals surface area contributed by atoms with E-state index in [0.717, 1.165) is 22.8 Å². The van der Waals surface area contributed by atoms with Gasteiger partial charge in [0.25, 0.3) is 0 Å². The van der Waals surface area contributed by atoms with Gasteiger partial charge in [0, 0.05) is 18.5 Å². The van der Waals surface area contributed by atoms with Gasteiger partial charge in [0.2, 0.25) is 5.91 Å².